The van der Waals surface area contributed by atoms with E-state index >= 15 is 0 Å². The number of phosphoric ester groups is 1. The van der Waals surface area contributed by atoms with Gasteiger partial charge < -0.3 is 20.1 Å². The second-order valence-electron chi connectivity index (χ2n) is 16.3. The van der Waals surface area contributed by atoms with Crippen LogP contribution in [-0.4, -0.2) is 49.9 Å². The number of hydrogen-bond acceptors (Lipinski definition) is 7. The lowest BCUT2D eigenvalue weighted by atomic mass is 10.0. The van der Waals surface area contributed by atoms with Crippen LogP contribution in [0.25, 0.3) is 0 Å². The smallest absolute Gasteiger partial charge is 0.457 e. The minimum Gasteiger partial charge on any atom is -0.457 e. The first kappa shape index (κ1) is 57.5. The summed E-state index contributed by atoms with van der Waals surface area (Å²) in [5.41, 5.74) is 5.38. The molecule has 0 fully saturated rings. The Morgan fingerprint density at radius 1 is 0.525 bits per heavy atom. The number of carbonyl (C=O) groups excluding carboxylic acids is 1. The molecule has 0 radical (unpaired) electrons. The molecule has 346 valence electrons. The van der Waals surface area contributed by atoms with Crippen molar-refractivity contribution in [3.63, 3.8) is 0 Å². The number of phosphoric acid groups is 1. The maximum Gasteiger partial charge on any atom is 0.472 e. The first-order chi connectivity index (χ1) is 28.9. The molecule has 59 heavy (non-hydrogen) atoms. The van der Waals surface area contributed by atoms with E-state index in [1.54, 1.807) is 0 Å². The Bertz CT molecular complexity index is 1050. The Morgan fingerprint density at radius 2 is 0.949 bits per heavy atom. The summed E-state index contributed by atoms with van der Waals surface area (Å²) in [6.07, 6.45) is 57.1. The zero-order valence-electron chi connectivity index (χ0n) is 38.5. The van der Waals surface area contributed by atoms with Crippen LogP contribution in [0.15, 0.2) is 48.6 Å². The van der Waals surface area contributed by atoms with Gasteiger partial charge in [-0.25, -0.2) is 4.57 Å². The van der Waals surface area contributed by atoms with Crippen LogP contribution >= 0.6 is 7.82 Å². The molecule has 0 aliphatic heterocycles. The van der Waals surface area contributed by atoms with E-state index in [1.807, 2.05) is 0 Å². The average Bonchev–Trinajstić information content (AvgIpc) is 3.23. The van der Waals surface area contributed by atoms with Crippen molar-refractivity contribution in [3.05, 3.63) is 48.6 Å². The number of rotatable bonds is 47. The summed E-state index contributed by atoms with van der Waals surface area (Å²) in [5, 5.41) is 0. The van der Waals surface area contributed by atoms with Gasteiger partial charge in [-0.1, -0.05) is 217 Å². The molecular formula is C50H94NO7P. The highest BCUT2D eigenvalue weighted by Crippen LogP contribution is 2.43. The lowest BCUT2D eigenvalue weighted by Gasteiger charge is -2.20. The van der Waals surface area contributed by atoms with Crippen LogP contribution in [0.2, 0.25) is 0 Å². The Kier molecular flexibility index (Phi) is 46.3. The first-order valence-corrected chi connectivity index (χ1v) is 26.1. The molecule has 0 spiro atoms. The Hall–Kier alpha value is -1.54. The van der Waals surface area contributed by atoms with Crippen LogP contribution in [0.4, 0.5) is 0 Å². The fourth-order valence-electron chi connectivity index (χ4n) is 6.93. The van der Waals surface area contributed by atoms with Crippen LogP contribution < -0.4 is 5.73 Å². The number of esters is 1. The van der Waals surface area contributed by atoms with Gasteiger partial charge in [-0.3, -0.25) is 13.8 Å². The van der Waals surface area contributed by atoms with Gasteiger partial charge in [-0.15, -0.1) is 0 Å². The van der Waals surface area contributed by atoms with Crippen molar-refractivity contribution in [1.82, 2.24) is 0 Å². The molecule has 2 atom stereocenters. The molecule has 0 aromatic rings. The quantitative estimate of drug-likeness (QED) is 0.0269. The SMILES string of the molecule is CC/C=C\C/C=C\C/C=C\C/C=C\CCCCCCCCCCCCCCCOCC(COP(=O)(O)OCCN)OC(=O)CCCCCCCCCCCCCCCC. The van der Waals surface area contributed by atoms with Crippen molar-refractivity contribution in [1.29, 1.82) is 0 Å². The van der Waals surface area contributed by atoms with Gasteiger partial charge in [-0.2, -0.15) is 0 Å². The summed E-state index contributed by atoms with van der Waals surface area (Å²) >= 11 is 0. The molecule has 0 aromatic carbocycles. The molecule has 0 saturated heterocycles. The fraction of sp³-hybridized carbons (Fsp3) is 0.820. The maximum absolute atomic E-state index is 12.6. The predicted octanol–water partition coefficient (Wildman–Crippen LogP) is 15.1. The van der Waals surface area contributed by atoms with Crippen LogP contribution in [0.3, 0.4) is 0 Å². The summed E-state index contributed by atoms with van der Waals surface area (Å²) in [6, 6.07) is 0. The van der Waals surface area contributed by atoms with Crippen LogP contribution in [-0.2, 0) is 27.9 Å². The van der Waals surface area contributed by atoms with Crippen LogP contribution in [0.5, 0.6) is 0 Å². The van der Waals surface area contributed by atoms with Crippen LogP contribution in [0.1, 0.15) is 226 Å². The second kappa shape index (κ2) is 47.5. The first-order valence-electron chi connectivity index (χ1n) is 24.6. The van der Waals surface area contributed by atoms with Crippen LogP contribution in [0, 0.1) is 0 Å². The van der Waals surface area contributed by atoms with E-state index < -0.39 is 13.9 Å². The molecule has 0 aliphatic rings. The van der Waals surface area contributed by atoms with Gasteiger partial charge in [0, 0.05) is 19.6 Å². The molecule has 8 nitrogen and oxygen atoms in total. The third-order valence-corrected chi connectivity index (χ3v) is 11.5. The topological polar surface area (TPSA) is 117 Å². The highest BCUT2D eigenvalue weighted by atomic mass is 31.2. The monoisotopic (exact) mass is 852 g/mol. The summed E-state index contributed by atoms with van der Waals surface area (Å²) in [5.74, 6) is -0.328. The molecule has 3 N–H and O–H groups in total. The van der Waals surface area contributed by atoms with E-state index in [9.17, 15) is 14.3 Å². The van der Waals surface area contributed by atoms with Gasteiger partial charge in [0.25, 0.3) is 0 Å². The van der Waals surface area contributed by atoms with Crippen molar-refractivity contribution in [2.24, 2.45) is 5.73 Å². The number of ether oxygens (including phenoxy) is 2. The molecular weight excluding hydrogens is 758 g/mol. The zero-order chi connectivity index (χ0) is 43.0. The van der Waals surface area contributed by atoms with Gasteiger partial charge in [0.05, 0.1) is 19.8 Å². The zero-order valence-corrected chi connectivity index (χ0v) is 39.4. The third kappa shape index (κ3) is 47.4. The van der Waals surface area contributed by atoms with E-state index in [4.69, 9.17) is 24.3 Å². The van der Waals surface area contributed by atoms with E-state index in [1.165, 1.54) is 148 Å². The highest BCUT2D eigenvalue weighted by Gasteiger charge is 2.25. The standard InChI is InChI=1S/C50H94NO7P/c1-3-5-7-9-11-13-15-17-19-20-21-22-23-24-25-26-27-28-29-30-32-34-36-38-40-42-45-55-47-49(48-57-59(53,54)56-46-44-51)58-50(52)43-41-39-37-35-33-31-18-16-14-12-10-8-6-4-2/h5,7,11,13,17,19,21-22,49H,3-4,6,8-10,12,14-16,18,20,23-48,51H2,1-2H3,(H,53,54)/b7-5-,13-11-,19-17-,22-21-. The van der Waals surface area contributed by atoms with Gasteiger partial charge in [0.2, 0.25) is 0 Å². The van der Waals surface area contributed by atoms with Crippen molar-refractivity contribution < 1.29 is 32.8 Å². The number of carbonyl (C=O) groups is 1. The molecule has 0 amide bonds. The number of hydrogen-bond donors (Lipinski definition) is 2. The molecule has 9 heteroatoms. The normalized spacial score (nSPS) is 13.8. The molecule has 0 aliphatic carbocycles. The van der Waals surface area contributed by atoms with Crippen molar-refractivity contribution in [2.75, 3.05) is 33.0 Å². The summed E-state index contributed by atoms with van der Waals surface area (Å²) in [6.45, 7) is 4.84. The lowest BCUT2D eigenvalue weighted by Crippen LogP contribution is -2.28. The molecule has 0 heterocycles. The number of unbranched alkanes of at least 4 members (excludes halogenated alkanes) is 26. The number of nitrogens with two attached hydrogens (primary N) is 1. The lowest BCUT2D eigenvalue weighted by molar-refractivity contribution is -0.154. The summed E-state index contributed by atoms with van der Waals surface area (Å²) < 4.78 is 33.5. The summed E-state index contributed by atoms with van der Waals surface area (Å²) in [4.78, 5) is 22.5. The van der Waals surface area contributed by atoms with E-state index in [0.29, 0.717) is 13.0 Å². The second-order valence-corrected chi connectivity index (χ2v) is 17.8. The Morgan fingerprint density at radius 3 is 1.42 bits per heavy atom. The molecule has 0 aromatic heterocycles. The predicted molar refractivity (Wildman–Crippen MR) is 252 cm³/mol. The fourth-order valence-corrected chi connectivity index (χ4v) is 7.70. The molecule has 0 saturated carbocycles. The van der Waals surface area contributed by atoms with Crippen molar-refractivity contribution in [3.8, 4) is 0 Å². The number of allylic oxidation sites excluding steroid dienone is 8. The largest absolute Gasteiger partial charge is 0.472 e. The van der Waals surface area contributed by atoms with E-state index in [0.717, 1.165) is 57.8 Å². The van der Waals surface area contributed by atoms with Crippen molar-refractivity contribution >= 4 is 13.8 Å². The minimum absolute atomic E-state index is 0.0948. The van der Waals surface area contributed by atoms with Gasteiger partial charge in [0.1, 0.15) is 6.10 Å². The Balaban J connectivity index is 3.89. The third-order valence-electron chi connectivity index (χ3n) is 10.5. The molecule has 0 bridgehead atoms. The minimum atomic E-state index is -4.28. The Labute approximate surface area is 364 Å². The van der Waals surface area contributed by atoms with Gasteiger partial charge >= 0.3 is 13.8 Å². The highest BCUT2D eigenvalue weighted by molar-refractivity contribution is 7.47. The molecule has 2 unspecified atom stereocenters. The van der Waals surface area contributed by atoms with Crippen molar-refractivity contribution in [2.45, 2.75) is 232 Å². The van der Waals surface area contributed by atoms with E-state index in [-0.39, 0.29) is 32.3 Å². The molecule has 0 rings (SSSR count). The van der Waals surface area contributed by atoms with Gasteiger partial charge in [-0.05, 0) is 51.4 Å². The maximum atomic E-state index is 12.6. The van der Waals surface area contributed by atoms with E-state index in [2.05, 4.69) is 62.5 Å². The average molecular weight is 852 g/mol. The summed E-state index contributed by atoms with van der Waals surface area (Å²) in [7, 11) is -4.28. The van der Waals surface area contributed by atoms with Gasteiger partial charge in [0.15, 0.2) is 0 Å².